The molecule has 4 rings (SSSR count). The number of imide groups is 1. The first-order valence-corrected chi connectivity index (χ1v) is 13.0. The summed E-state index contributed by atoms with van der Waals surface area (Å²) >= 11 is 0. The van der Waals surface area contributed by atoms with Crippen molar-refractivity contribution in [1.29, 1.82) is 0 Å². The predicted molar refractivity (Wildman–Crippen MR) is 133 cm³/mol. The fourth-order valence-corrected chi connectivity index (χ4v) is 5.60. The average molecular weight is 480 g/mol. The topological polar surface area (TPSA) is 86.8 Å². The number of amides is 4. The van der Waals surface area contributed by atoms with Gasteiger partial charge in [-0.15, -0.1) is 0 Å². The van der Waals surface area contributed by atoms with Crippen molar-refractivity contribution >= 4 is 23.6 Å². The van der Waals surface area contributed by atoms with Crippen LogP contribution in [0.5, 0.6) is 0 Å². The van der Waals surface area contributed by atoms with Crippen molar-refractivity contribution in [3.63, 3.8) is 0 Å². The van der Waals surface area contributed by atoms with Crippen LogP contribution in [-0.4, -0.2) is 52.1 Å². The molecule has 0 spiro atoms. The Kier molecular flexibility index (Phi) is 8.04. The molecule has 1 aromatic carbocycles. The van der Waals surface area contributed by atoms with E-state index in [9.17, 15) is 19.2 Å². The Labute approximate surface area is 207 Å². The first-order chi connectivity index (χ1) is 16.8. The molecular formula is C28H37N3O4. The average Bonchev–Trinajstić information content (AvgIpc) is 3.10. The van der Waals surface area contributed by atoms with Crippen molar-refractivity contribution in [2.75, 3.05) is 6.54 Å². The Hall–Kier alpha value is -2.96. The van der Waals surface area contributed by atoms with Gasteiger partial charge in [-0.1, -0.05) is 61.2 Å². The highest BCUT2D eigenvalue weighted by atomic mass is 16.2. The zero-order valence-electron chi connectivity index (χ0n) is 20.9. The molecule has 1 aromatic rings. The Balaban J connectivity index is 1.44. The van der Waals surface area contributed by atoms with Crippen LogP contribution in [0.2, 0.25) is 0 Å². The predicted octanol–water partition coefficient (Wildman–Crippen LogP) is 3.50. The first-order valence-electron chi connectivity index (χ1n) is 13.0. The molecule has 0 radical (unpaired) electrons. The molecule has 2 fully saturated rings. The van der Waals surface area contributed by atoms with Gasteiger partial charge in [0, 0.05) is 25.6 Å². The lowest BCUT2D eigenvalue weighted by molar-refractivity contribution is -0.144. The molecule has 1 saturated heterocycles. The quantitative estimate of drug-likeness (QED) is 0.457. The monoisotopic (exact) mass is 479 g/mol. The second kappa shape index (κ2) is 11.2. The number of rotatable bonds is 8. The van der Waals surface area contributed by atoms with Gasteiger partial charge in [-0.05, 0) is 45.1 Å². The molecule has 0 bridgehead atoms. The fourth-order valence-electron chi connectivity index (χ4n) is 5.60. The van der Waals surface area contributed by atoms with E-state index in [1.807, 2.05) is 43.3 Å². The SMILES string of the molecule is Cc1cccc(CN(C(=O)CCN2C(=O)[C@H]3CC=CC[C@H]3C2=O)C(C)C(=O)NC2CCCCC2)c1. The van der Waals surface area contributed by atoms with E-state index in [1.165, 1.54) is 11.3 Å². The lowest BCUT2D eigenvalue weighted by Crippen LogP contribution is -2.51. The lowest BCUT2D eigenvalue weighted by atomic mass is 9.85. The molecule has 1 saturated carbocycles. The summed E-state index contributed by atoms with van der Waals surface area (Å²) in [7, 11) is 0. The van der Waals surface area contributed by atoms with Crippen LogP contribution in [0.15, 0.2) is 36.4 Å². The lowest BCUT2D eigenvalue weighted by Gasteiger charge is -2.31. The molecule has 1 aliphatic heterocycles. The Morgan fingerprint density at radius 2 is 1.71 bits per heavy atom. The van der Waals surface area contributed by atoms with Gasteiger partial charge in [0.15, 0.2) is 0 Å². The molecule has 2 aliphatic carbocycles. The zero-order valence-corrected chi connectivity index (χ0v) is 20.9. The molecular weight excluding hydrogens is 442 g/mol. The van der Waals surface area contributed by atoms with Gasteiger partial charge in [0.05, 0.1) is 11.8 Å². The number of carbonyl (C=O) groups excluding carboxylic acids is 4. The van der Waals surface area contributed by atoms with E-state index >= 15 is 0 Å². The maximum absolute atomic E-state index is 13.4. The van der Waals surface area contributed by atoms with Gasteiger partial charge in [-0.2, -0.15) is 0 Å². The second-order valence-corrected chi connectivity index (χ2v) is 10.3. The third-order valence-electron chi connectivity index (χ3n) is 7.70. The number of hydrogen-bond acceptors (Lipinski definition) is 4. The summed E-state index contributed by atoms with van der Waals surface area (Å²) in [4.78, 5) is 55.0. The van der Waals surface area contributed by atoms with Crippen molar-refractivity contribution in [2.45, 2.75) is 83.8 Å². The number of aryl methyl sites for hydroxylation is 1. The van der Waals surface area contributed by atoms with E-state index in [-0.39, 0.29) is 54.5 Å². The first kappa shape index (κ1) is 25.1. The van der Waals surface area contributed by atoms with Gasteiger partial charge < -0.3 is 10.2 Å². The van der Waals surface area contributed by atoms with E-state index in [0.717, 1.165) is 36.8 Å². The molecule has 1 N–H and O–H groups in total. The van der Waals surface area contributed by atoms with Crippen LogP contribution in [-0.2, 0) is 25.7 Å². The fraction of sp³-hybridized carbons (Fsp3) is 0.571. The maximum Gasteiger partial charge on any atom is 0.242 e. The second-order valence-electron chi connectivity index (χ2n) is 10.3. The number of hydrogen-bond donors (Lipinski definition) is 1. The number of allylic oxidation sites excluding steroid dienone is 2. The molecule has 1 heterocycles. The highest BCUT2D eigenvalue weighted by Crippen LogP contribution is 2.35. The van der Waals surface area contributed by atoms with Crippen LogP contribution in [0.1, 0.15) is 69.4 Å². The molecule has 3 aliphatic rings. The van der Waals surface area contributed by atoms with Crippen molar-refractivity contribution in [2.24, 2.45) is 11.8 Å². The molecule has 7 heteroatoms. The normalized spacial score (nSPS) is 23.2. The smallest absolute Gasteiger partial charge is 0.242 e. The van der Waals surface area contributed by atoms with Crippen LogP contribution in [0.3, 0.4) is 0 Å². The molecule has 35 heavy (non-hydrogen) atoms. The third-order valence-corrected chi connectivity index (χ3v) is 7.70. The third kappa shape index (κ3) is 5.82. The van der Waals surface area contributed by atoms with Gasteiger partial charge in [0.25, 0.3) is 0 Å². The Bertz CT molecular complexity index is 972. The van der Waals surface area contributed by atoms with Crippen LogP contribution < -0.4 is 5.32 Å². The number of fused-ring (bicyclic) bond motifs is 1. The van der Waals surface area contributed by atoms with Crippen molar-refractivity contribution in [1.82, 2.24) is 15.1 Å². The summed E-state index contributed by atoms with van der Waals surface area (Å²) in [5.41, 5.74) is 2.03. The summed E-state index contributed by atoms with van der Waals surface area (Å²) in [6.07, 6.45) is 10.5. The van der Waals surface area contributed by atoms with Crippen molar-refractivity contribution in [3.05, 3.63) is 47.5 Å². The molecule has 188 valence electrons. The summed E-state index contributed by atoms with van der Waals surface area (Å²) in [5.74, 6) is -1.33. The van der Waals surface area contributed by atoms with Gasteiger partial charge in [0.1, 0.15) is 6.04 Å². The van der Waals surface area contributed by atoms with Crippen LogP contribution in [0.25, 0.3) is 0 Å². The highest BCUT2D eigenvalue weighted by molar-refractivity contribution is 6.05. The van der Waals surface area contributed by atoms with Crippen molar-refractivity contribution < 1.29 is 19.2 Å². The minimum absolute atomic E-state index is 0.0111. The Morgan fingerprint density at radius 1 is 1.06 bits per heavy atom. The van der Waals surface area contributed by atoms with Crippen LogP contribution in [0, 0.1) is 18.8 Å². The largest absolute Gasteiger partial charge is 0.352 e. The number of nitrogens with one attached hydrogen (secondary N) is 1. The van der Waals surface area contributed by atoms with E-state index in [0.29, 0.717) is 19.4 Å². The van der Waals surface area contributed by atoms with Gasteiger partial charge in [0.2, 0.25) is 23.6 Å². The molecule has 7 nitrogen and oxygen atoms in total. The molecule has 1 unspecified atom stereocenters. The number of carbonyl (C=O) groups is 4. The maximum atomic E-state index is 13.4. The summed E-state index contributed by atoms with van der Waals surface area (Å²) in [6, 6.07) is 7.40. The van der Waals surface area contributed by atoms with Crippen LogP contribution in [0.4, 0.5) is 0 Å². The summed E-state index contributed by atoms with van der Waals surface area (Å²) in [6.45, 7) is 4.12. The summed E-state index contributed by atoms with van der Waals surface area (Å²) in [5, 5.41) is 3.14. The minimum atomic E-state index is -0.651. The number of benzene rings is 1. The standard InChI is InChI=1S/C28H37N3O4/c1-19-9-8-10-21(17-19)18-31(20(2)26(33)29-22-11-4-3-5-12-22)25(32)15-16-30-27(34)23-13-6-7-14-24(23)28(30)35/h6-10,17,20,22-24H,3-5,11-16,18H2,1-2H3,(H,29,33)/t20?,23-,24+. The highest BCUT2D eigenvalue weighted by Gasteiger charge is 2.47. The molecule has 3 atom stereocenters. The van der Waals surface area contributed by atoms with Gasteiger partial charge >= 0.3 is 0 Å². The van der Waals surface area contributed by atoms with Gasteiger partial charge in [-0.25, -0.2) is 0 Å². The molecule has 0 aromatic heterocycles. The van der Waals surface area contributed by atoms with E-state index in [1.54, 1.807) is 11.8 Å². The van der Waals surface area contributed by atoms with E-state index in [2.05, 4.69) is 5.32 Å². The minimum Gasteiger partial charge on any atom is -0.352 e. The van der Waals surface area contributed by atoms with Crippen LogP contribution >= 0.6 is 0 Å². The van der Waals surface area contributed by atoms with E-state index < -0.39 is 6.04 Å². The number of nitrogens with zero attached hydrogens (tertiary/aromatic N) is 2. The van der Waals surface area contributed by atoms with Crippen molar-refractivity contribution in [3.8, 4) is 0 Å². The Morgan fingerprint density at radius 3 is 2.34 bits per heavy atom. The van der Waals surface area contributed by atoms with Gasteiger partial charge in [-0.3, -0.25) is 24.1 Å². The summed E-state index contributed by atoms with van der Waals surface area (Å²) < 4.78 is 0. The molecule has 4 amide bonds. The number of likely N-dealkylation sites (tertiary alicyclic amines) is 1. The van der Waals surface area contributed by atoms with E-state index in [4.69, 9.17) is 0 Å². The zero-order chi connectivity index (χ0) is 24.9.